The first-order chi connectivity index (χ1) is 6.91. The number of rotatable bonds is 0. The number of hydrogen-bond donors (Lipinski definition) is 0. The number of pyridine rings is 1. The topological polar surface area (TPSA) is 30.2 Å². The molecule has 0 amide bonds. The monoisotopic (exact) mass is 203 g/mol. The standard InChI is InChI=1S/C12H17N3/c1-8-6-7-10(12(3,4)5)11-14-13-9(2)15(8)11/h6-7H,1-5H3. The van der Waals surface area contributed by atoms with Gasteiger partial charge in [0.15, 0.2) is 5.65 Å². The summed E-state index contributed by atoms with van der Waals surface area (Å²) in [4.78, 5) is 0. The van der Waals surface area contributed by atoms with Gasteiger partial charge in [-0.1, -0.05) is 26.8 Å². The highest BCUT2D eigenvalue weighted by Gasteiger charge is 2.19. The second kappa shape index (κ2) is 3.05. The Balaban J connectivity index is 2.85. The molecule has 2 heterocycles. The molecule has 2 aromatic heterocycles. The number of fused-ring (bicyclic) bond motifs is 1. The highest BCUT2D eigenvalue weighted by molar-refractivity contribution is 5.52. The van der Waals surface area contributed by atoms with Gasteiger partial charge < -0.3 is 0 Å². The summed E-state index contributed by atoms with van der Waals surface area (Å²) in [5, 5.41) is 8.40. The Labute approximate surface area is 90.1 Å². The molecule has 0 aliphatic heterocycles. The van der Waals surface area contributed by atoms with Crippen molar-refractivity contribution in [1.82, 2.24) is 14.6 Å². The first kappa shape index (κ1) is 10.1. The molecule has 0 spiro atoms. The van der Waals surface area contributed by atoms with Crippen LogP contribution >= 0.6 is 0 Å². The van der Waals surface area contributed by atoms with Gasteiger partial charge in [-0.25, -0.2) is 0 Å². The van der Waals surface area contributed by atoms with Crippen LogP contribution in [0.25, 0.3) is 5.65 Å². The van der Waals surface area contributed by atoms with Gasteiger partial charge in [-0.05, 0) is 25.3 Å². The van der Waals surface area contributed by atoms with Gasteiger partial charge in [0.2, 0.25) is 0 Å². The maximum atomic E-state index is 4.26. The summed E-state index contributed by atoms with van der Waals surface area (Å²) in [6.07, 6.45) is 0. The molecule has 0 aromatic carbocycles. The number of nitrogens with zero attached hydrogens (tertiary/aromatic N) is 3. The minimum Gasteiger partial charge on any atom is -0.284 e. The van der Waals surface area contributed by atoms with Crippen LogP contribution in [0.5, 0.6) is 0 Å². The van der Waals surface area contributed by atoms with E-state index in [9.17, 15) is 0 Å². The average Bonchev–Trinajstić information content (AvgIpc) is 2.47. The maximum Gasteiger partial charge on any atom is 0.164 e. The van der Waals surface area contributed by atoms with Crippen molar-refractivity contribution in [3.63, 3.8) is 0 Å². The van der Waals surface area contributed by atoms with Crippen molar-refractivity contribution in [3.8, 4) is 0 Å². The zero-order valence-electron chi connectivity index (χ0n) is 10.00. The fourth-order valence-electron chi connectivity index (χ4n) is 1.90. The molecule has 15 heavy (non-hydrogen) atoms. The van der Waals surface area contributed by atoms with Crippen LogP contribution in [-0.4, -0.2) is 14.6 Å². The first-order valence-corrected chi connectivity index (χ1v) is 5.23. The molecule has 0 N–H and O–H groups in total. The van der Waals surface area contributed by atoms with Crippen molar-refractivity contribution in [3.05, 3.63) is 29.2 Å². The van der Waals surface area contributed by atoms with E-state index in [4.69, 9.17) is 0 Å². The molecule has 0 aliphatic carbocycles. The van der Waals surface area contributed by atoms with E-state index < -0.39 is 0 Å². The summed E-state index contributed by atoms with van der Waals surface area (Å²) in [5.41, 5.74) is 3.52. The summed E-state index contributed by atoms with van der Waals surface area (Å²) in [6.45, 7) is 10.7. The van der Waals surface area contributed by atoms with Crippen LogP contribution < -0.4 is 0 Å². The van der Waals surface area contributed by atoms with Crippen molar-refractivity contribution in [2.24, 2.45) is 0 Å². The van der Waals surface area contributed by atoms with Gasteiger partial charge in [0, 0.05) is 11.3 Å². The lowest BCUT2D eigenvalue weighted by Gasteiger charge is -2.19. The fraction of sp³-hybridized carbons (Fsp3) is 0.500. The molecule has 3 nitrogen and oxygen atoms in total. The molecule has 80 valence electrons. The second-order valence-electron chi connectivity index (χ2n) is 5.04. The van der Waals surface area contributed by atoms with E-state index in [-0.39, 0.29) is 5.41 Å². The number of hydrogen-bond acceptors (Lipinski definition) is 2. The van der Waals surface area contributed by atoms with Crippen molar-refractivity contribution in [2.45, 2.75) is 40.0 Å². The molecule has 0 fully saturated rings. The molecular weight excluding hydrogens is 186 g/mol. The summed E-state index contributed by atoms with van der Waals surface area (Å²) >= 11 is 0. The Morgan fingerprint density at radius 3 is 2.33 bits per heavy atom. The lowest BCUT2D eigenvalue weighted by Crippen LogP contribution is -2.13. The quantitative estimate of drug-likeness (QED) is 0.659. The molecule has 0 bridgehead atoms. The summed E-state index contributed by atoms with van der Waals surface area (Å²) < 4.78 is 2.11. The molecule has 0 radical (unpaired) electrons. The Bertz CT molecular complexity index is 503. The molecule has 2 aromatic rings. The molecule has 0 saturated carbocycles. The van der Waals surface area contributed by atoms with Gasteiger partial charge in [-0.3, -0.25) is 4.40 Å². The average molecular weight is 203 g/mol. The summed E-state index contributed by atoms with van der Waals surface area (Å²) in [7, 11) is 0. The highest BCUT2D eigenvalue weighted by atomic mass is 15.2. The Morgan fingerprint density at radius 1 is 1.07 bits per heavy atom. The highest BCUT2D eigenvalue weighted by Crippen LogP contribution is 2.26. The van der Waals surface area contributed by atoms with Crippen molar-refractivity contribution >= 4 is 5.65 Å². The van der Waals surface area contributed by atoms with Crippen molar-refractivity contribution < 1.29 is 0 Å². The molecule has 0 aliphatic rings. The SMILES string of the molecule is Cc1ccc(C(C)(C)C)c2nnc(C)n12. The van der Waals surface area contributed by atoms with Gasteiger partial charge in [0.05, 0.1) is 0 Å². The van der Waals surface area contributed by atoms with Gasteiger partial charge >= 0.3 is 0 Å². The van der Waals surface area contributed by atoms with E-state index in [2.05, 4.69) is 54.4 Å². The minimum absolute atomic E-state index is 0.106. The zero-order chi connectivity index (χ0) is 11.2. The van der Waals surface area contributed by atoms with Crippen LogP contribution in [0.2, 0.25) is 0 Å². The zero-order valence-corrected chi connectivity index (χ0v) is 10.00. The minimum atomic E-state index is 0.106. The Hall–Kier alpha value is -1.38. The Kier molecular flexibility index (Phi) is 2.07. The molecule has 0 saturated heterocycles. The molecule has 3 heteroatoms. The number of aryl methyl sites for hydroxylation is 2. The number of aromatic nitrogens is 3. The van der Waals surface area contributed by atoms with E-state index in [0.29, 0.717) is 0 Å². The van der Waals surface area contributed by atoms with Crippen LogP contribution in [-0.2, 0) is 5.41 Å². The maximum absolute atomic E-state index is 4.26. The van der Waals surface area contributed by atoms with Gasteiger partial charge in [0.1, 0.15) is 5.82 Å². The van der Waals surface area contributed by atoms with E-state index in [1.165, 1.54) is 11.3 Å². The van der Waals surface area contributed by atoms with E-state index in [1.54, 1.807) is 0 Å². The van der Waals surface area contributed by atoms with E-state index >= 15 is 0 Å². The third-order valence-electron chi connectivity index (χ3n) is 2.72. The smallest absolute Gasteiger partial charge is 0.164 e. The van der Waals surface area contributed by atoms with Crippen LogP contribution in [0.4, 0.5) is 0 Å². The van der Waals surface area contributed by atoms with E-state index in [0.717, 1.165) is 11.5 Å². The molecular formula is C12H17N3. The summed E-state index contributed by atoms with van der Waals surface area (Å²) in [6, 6.07) is 4.28. The lowest BCUT2D eigenvalue weighted by atomic mass is 9.87. The normalized spacial score (nSPS) is 12.3. The van der Waals surface area contributed by atoms with Crippen molar-refractivity contribution in [1.29, 1.82) is 0 Å². The predicted octanol–water partition coefficient (Wildman–Crippen LogP) is 2.64. The molecule has 0 atom stereocenters. The van der Waals surface area contributed by atoms with Crippen molar-refractivity contribution in [2.75, 3.05) is 0 Å². The Morgan fingerprint density at radius 2 is 1.73 bits per heavy atom. The first-order valence-electron chi connectivity index (χ1n) is 5.23. The third kappa shape index (κ3) is 1.52. The van der Waals surface area contributed by atoms with Gasteiger partial charge in [0.25, 0.3) is 0 Å². The molecule has 2 rings (SSSR count). The third-order valence-corrected chi connectivity index (χ3v) is 2.72. The van der Waals surface area contributed by atoms with Crippen LogP contribution in [0, 0.1) is 13.8 Å². The van der Waals surface area contributed by atoms with Crippen LogP contribution in [0.15, 0.2) is 12.1 Å². The summed E-state index contributed by atoms with van der Waals surface area (Å²) in [5.74, 6) is 0.952. The molecule has 0 unspecified atom stereocenters. The largest absolute Gasteiger partial charge is 0.284 e. The van der Waals surface area contributed by atoms with E-state index in [1.807, 2.05) is 6.92 Å². The van der Waals surface area contributed by atoms with Gasteiger partial charge in [-0.15, -0.1) is 10.2 Å². The van der Waals surface area contributed by atoms with Crippen LogP contribution in [0.1, 0.15) is 37.9 Å². The predicted molar refractivity (Wildman–Crippen MR) is 61.2 cm³/mol. The fourth-order valence-corrected chi connectivity index (χ4v) is 1.90. The van der Waals surface area contributed by atoms with Crippen LogP contribution in [0.3, 0.4) is 0 Å². The van der Waals surface area contributed by atoms with Gasteiger partial charge in [-0.2, -0.15) is 0 Å². The lowest BCUT2D eigenvalue weighted by molar-refractivity contribution is 0.591. The second-order valence-corrected chi connectivity index (χ2v) is 5.04.